The third-order valence-electron chi connectivity index (χ3n) is 4.72. The molecule has 0 fully saturated rings. The Balaban J connectivity index is 1.27. The quantitative estimate of drug-likeness (QED) is 0.404. The molecule has 0 saturated heterocycles. The van der Waals surface area contributed by atoms with Gasteiger partial charge in [-0.15, -0.1) is 0 Å². The molecule has 3 amide bonds. The van der Waals surface area contributed by atoms with E-state index in [9.17, 15) is 9.59 Å². The lowest BCUT2D eigenvalue weighted by Crippen LogP contribution is -2.36. The van der Waals surface area contributed by atoms with Crippen LogP contribution in [0.1, 0.15) is 18.4 Å². The Kier molecular flexibility index (Phi) is 9.08. The summed E-state index contributed by atoms with van der Waals surface area (Å²) in [7, 11) is 0. The van der Waals surface area contributed by atoms with E-state index in [1.807, 2.05) is 66.7 Å². The minimum absolute atomic E-state index is 0.0428. The van der Waals surface area contributed by atoms with Gasteiger partial charge in [0.15, 0.2) is 6.61 Å². The first kappa shape index (κ1) is 22.8. The molecule has 166 valence electrons. The molecule has 0 aliphatic heterocycles. The monoisotopic (exact) mass is 432 g/mol. The van der Waals surface area contributed by atoms with Crippen LogP contribution in [0.25, 0.3) is 11.1 Å². The molecule has 0 atom stereocenters. The molecule has 3 aromatic rings. The van der Waals surface area contributed by atoms with Gasteiger partial charge < -0.3 is 20.7 Å². The van der Waals surface area contributed by atoms with Crippen molar-refractivity contribution in [3.05, 3.63) is 84.7 Å². The van der Waals surface area contributed by atoms with Crippen LogP contribution in [0.3, 0.4) is 0 Å². The molecule has 3 N–H and O–H groups in total. The van der Waals surface area contributed by atoms with Gasteiger partial charge in [0.25, 0.3) is 5.91 Å². The minimum Gasteiger partial charge on any atom is -0.483 e. The number of nitrogens with zero attached hydrogens (tertiary/aromatic N) is 1. The van der Waals surface area contributed by atoms with Gasteiger partial charge in [0, 0.05) is 37.6 Å². The van der Waals surface area contributed by atoms with Crippen molar-refractivity contribution in [3.63, 3.8) is 0 Å². The molecule has 0 saturated carbocycles. The first-order chi connectivity index (χ1) is 15.7. The lowest BCUT2D eigenvalue weighted by Gasteiger charge is -2.12. The number of pyridine rings is 1. The normalized spacial score (nSPS) is 10.2. The van der Waals surface area contributed by atoms with Crippen LogP contribution in [0.5, 0.6) is 5.75 Å². The Labute approximate surface area is 188 Å². The zero-order valence-corrected chi connectivity index (χ0v) is 17.9. The van der Waals surface area contributed by atoms with Crippen LogP contribution in [0.4, 0.5) is 4.79 Å². The van der Waals surface area contributed by atoms with Gasteiger partial charge in [-0.2, -0.15) is 0 Å². The molecule has 7 nitrogen and oxygen atoms in total. The van der Waals surface area contributed by atoms with Crippen LogP contribution in [0.2, 0.25) is 0 Å². The van der Waals surface area contributed by atoms with Gasteiger partial charge in [-0.3, -0.25) is 9.78 Å². The van der Waals surface area contributed by atoms with Crippen molar-refractivity contribution in [2.24, 2.45) is 0 Å². The summed E-state index contributed by atoms with van der Waals surface area (Å²) in [6.45, 7) is 1.46. The fourth-order valence-corrected chi connectivity index (χ4v) is 3.07. The Morgan fingerprint density at radius 3 is 2.34 bits per heavy atom. The van der Waals surface area contributed by atoms with Crippen molar-refractivity contribution < 1.29 is 14.3 Å². The van der Waals surface area contributed by atoms with Gasteiger partial charge in [-0.05, 0) is 36.1 Å². The average molecular weight is 433 g/mol. The predicted molar refractivity (Wildman–Crippen MR) is 124 cm³/mol. The lowest BCUT2D eigenvalue weighted by atomic mass is 10.1. The van der Waals surface area contributed by atoms with Crippen molar-refractivity contribution in [1.82, 2.24) is 20.9 Å². The van der Waals surface area contributed by atoms with E-state index >= 15 is 0 Å². The summed E-state index contributed by atoms with van der Waals surface area (Å²) in [5, 5.41) is 8.43. The molecule has 0 aliphatic carbocycles. The third kappa shape index (κ3) is 7.75. The number of amides is 3. The maximum absolute atomic E-state index is 12.1. The molecule has 0 bridgehead atoms. The molecule has 2 aromatic carbocycles. The highest BCUT2D eigenvalue weighted by atomic mass is 16.5. The van der Waals surface area contributed by atoms with Crippen molar-refractivity contribution in [1.29, 1.82) is 0 Å². The second kappa shape index (κ2) is 12.7. The molecule has 0 unspecified atom stereocenters. The second-order valence-corrected chi connectivity index (χ2v) is 7.18. The number of aromatic nitrogens is 1. The number of hydrogen-bond donors (Lipinski definition) is 3. The second-order valence-electron chi connectivity index (χ2n) is 7.18. The summed E-state index contributed by atoms with van der Waals surface area (Å²) in [5.41, 5.74) is 2.94. The number of para-hydroxylation sites is 1. The molecular formula is C25H28N4O3. The van der Waals surface area contributed by atoms with E-state index in [0.29, 0.717) is 25.4 Å². The zero-order chi connectivity index (χ0) is 22.4. The van der Waals surface area contributed by atoms with Crippen LogP contribution in [-0.2, 0) is 11.3 Å². The minimum atomic E-state index is -0.219. The number of carbonyl (C=O) groups is 2. The first-order valence-electron chi connectivity index (χ1n) is 10.7. The highest BCUT2D eigenvalue weighted by Gasteiger charge is 2.08. The standard InChI is InChI=1S/C25H28N4O3/c30-24(19-32-23-13-5-4-12-22(23)21-10-2-1-3-11-21)27-15-6-7-16-28-25(31)29-18-20-9-8-14-26-17-20/h1-5,8-14,17H,6-7,15-16,18-19H2,(H,27,30)(H2,28,29,31). The van der Waals surface area contributed by atoms with Crippen LogP contribution < -0.4 is 20.7 Å². The molecule has 1 aromatic heterocycles. The molecular weight excluding hydrogens is 404 g/mol. The molecule has 32 heavy (non-hydrogen) atoms. The van der Waals surface area contributed by atoms with E-state index < -0.39 is 0 Å². The van der Waals surface area contributed by atoms with Crippen molar-refractivity contribution in [3.8, 4) is 16.9 Å². The van der Waals surface area contributed by atoms with E-state index in [1.54, 1.807) is 12.4 Å². The Morgan fingerprint density at radius 1 is 0.812 bits per heavy atom. The van der Waals surface area contributed by atoms with Gasteiger partial charge in [-0.25, -0.2) is 4.79 Å². The van der Waals surface area contributed by atoms with E-state index in [4.69, 9.17) is 4.74 Å². The van der Waals surface area contributed by atoms with E-state index in [1.165, 1.54) is 0 Å². The van der Waals surface area contributed by atoms with Gasteiger partial charge in [0.2, 0.25) is 0 Å². The molecule has 1 heterocycles. The topological polar surface area (TPSA) is 92.4 Å². The number of unbranched alkanes of at least 4 members (excludes halogenated alkanes) is 1. The van der Waals surface area contributed by atoms with Crippen LogP contribution in [0.15, 0.2) is 79.1 Å². The fourth-order valence-electron chi connectivity index (χ4n) is 3.07. The molecule has 0 radical (unpaired) electrons. The Bertz CT molecular complexity index is 981. The number of ether oxygens (including phenoxy) is 1. The molecule has 0 spiro atoms. The number of benzene rings is 2. The van der Waals surface area contributed by atoms with Crippen LogP contribution in [-0.4, -0.2) is 36.6 Å². The number of hydrogen-bond acceptors (Lipinski definition) is 4. The Morgan fingerprint density at radius 2 is 1.56 bits per heavy atom. The maximum atomic E-state index is 12.1. The highest BCUT2D eigenvalue weighted by Crippen LogP contribution is 2.29. The summed E-state index contributed by atoms with van der Waals surface area (Å²) in [6, 6.07) is 21.1. The first-order valence-corrected chi connectivity index (χ1v) is 10.7. The van der Waals surface area contributed by atoms with Crippen molar-refractivity contribution in [2.75, 3.05) is 19.7 Å². The van der Waals surface area contributed by atoms with Crippen LogP contribution >= 0.6 is 0 Å². The smallest absolute Gasteiger partial charge is 0.315 e. The lowest BCUT2D eigenvalue weighted by molar-refractivity contribution is -0.123. The van der Waals surface area contributed by atoms with Gasteiger partial charge in [-0.1, -0.05) is 54.6 Å². The number of carbonyl (C=O) groups excluding carboxylic acids is 2. The van der Waals surface area contributed by atoms with Gasteiger partial charge >= 0.3 is 6.03 Å². The summed E-state index contributed by atoms with van der Waals surface area (Å²) < 4.78 is 5.74. The van der Waals surface area contributed by atoms with Crippen molar-refractivity contribution >= 4 is 11.9 Å². The summed E-state index contributed by atoms with van der Waals surface area (Å²) in [5.74, 6) is 0.505. The largest absolute Gasteiger partial charge is 0.483 e. The molecule has 0 aliphatic rings. The molecule has 3 rings (SSSR count). The SMILES string of the molecule is O=C(COc1ccccc1-c1ccccc1)NCCCCNC(=O)NCc1cccnc1. The summed E-state index contributed by atoms with van der Waals surface area (Å²) in [4.78, 5) is 27.9. The maximum Gasteiger partial charge on any atom is 0.315 e. The number of rotatable bonds is 11. The van der Waals surface area contributed by atoms with Crippen LogP contribution in [0, 0.1) is 0 Å². The average Bonchev–Trinajstić information content (AvgIpc) is 2.85. The molecule has 7 heteroatoms. The summed E-state index contributed by atoms with van der Waals surface area (Å²) in [6.07, 6.45) is 4.93. The van der Waals surface area contributed by atoms with Gasteiger partial charge in [0.05, 0.1) is 0 Å². The highest BCUT2D eigenvalue weighted by molar-refractivity contribution is 5.78. The zero-order valence-electron chi connectivity index (χ0n) is 17.9. The van der Waals surface area contributed by atoms with E-state index in [0.717, 1.165) is 29.5 Å². The van der Waals surface area contributed by atoms with E-state index in [2.05, 4.69) is 20.9 Å². The predicted octanol–water partition coefficient (Wildman–Crippen LogP) is 3.52. The number of nitrogens with one attached hydrogen (secondary N) is 3. The third-order valence-corrected chi connectivity index (χ3v) is 4.72. The number of urea groups is 1. The van der Waals surface area contributed by atoms with E-state index in [-0.39, 0.29) is 18.5 Å². The van der Waals surface area contributed by atoms with Gasteiger partial charge in [0.1, 0.15) is 5.75 Å². The summed E-state index contributed by atoms with van der Waals surface area (Å²) >= 11 is 0. The fraction of sp³-hybridized carbons (Fsp3) is 0.240. The Hall–Kier alpha value is -3.87. The van der Waals surface area contributed by atoms with Crippen molar-refractivity contribution in [2.45, 2.75) is 19.4 Å².